The van der Waals surface area contributed by atoms with Crippen LogP contribution in [0.4, 0.5) is 0 Å². The van der Waals surface area contributed by atoms with Crippen molar-refractivity contribution in [1.29, 1.82) is 0 Å². The number of rotatable bonds is 19. The molecule has 3 N–H and O–H groups in total. The van der Waals surface area contributed by atoms with E-state index in [0.29, 0.717) is 12.8 Å². The third-order valence-electron chi connectivity index (χ3n) is 6.53. The second-order valence-electron chi connectivity index (χ2n) is 9.66. The first-order valence-electron chi connectivity index (χ1n) is 13.8. The average molecular weight is 545 g/mol. The van der Waals surface area contributed by atoms with Crippen molar-refractivity contribution in [3.8, 4) is 0 Å². The highest BCUT2D eigenvalue weighted by Crippen LogP contribution is 2.22. The lowest BCUT2D eigenvalue weighted by Crippen LogP contribution is -2.49. The molecule has 1 fully saturated rings. The van der Waals surface area contributed by atoms with Gasteiger partial charge < -0.3 is 29.5 Å². The maximum atomic E-state index is 13.3. The SMILES string of the molecule is CCCCCCCCCC(=O)C(CCCCCC)C(=O)C(O)C1OC(=O)C(CO)OC(=O)C(CO)OC1=O. The molecule has 1 heterocycles. The van der Waals surface area contributed by atoms with Crippen LogP contribution in [0.3, 0.4) is 0 Å². The first-order valence-corrected chi connectivity index (χ1v) is 13.8. The Labute approximate surface area is 224 Å². The summed E-state index contributed by atoms with van der Waals surface area (Å²) in [6, 6.07) is 0. The van der Waals surface area contributed by atoms with Gasteiger partial charge in [0.05, 0.1) is 19.1 Å². The highest BCUT2D eigenvalue weighted by Gasteiger charge is 2.45. The van der Waals surface area contributed by atoms with E-state index in [1.54, 1.807) is 0 Å². The van der Waals surface area contributed by atoms with Crippen LogP contribution in [0.2, 0.25) is 0 Å². The zero-order valence-electron chi connectivity index (χ0n) is 22.6. The number of aliphatic hydroxyl groups excluding tert-OH is 3. The predicted octanol–water partition coefficient (Wildman–Crippen LogP) is 1.95. The minimum Gasteiger partial charge on any atom is -0.445 e. The highest BCUT2D eigenvalue weighted by molar-refractivity contribution is 6.06. The molecule has 1 aliphatic rings. The van der Waals surface area contributed by atoms with Crippen molar-refractivity contribution in [2.75, 3.05) is 13.2 Å². The van der Waals surface area contributed by atoms with E-state index < -0.39 is 67.2 Å². The Morgan fingerprint density at radius 1 is 0.711 bits per heavy atom. The fourth-order valence-electron chi connectivity index (χ4n) is 4.21. The maximum absolute atomic E-state index is 13.3. The van der Waals surface area contributed by atoms with E-state index in [1.165, 1.54) is 0 Å². The number of aliphatic hydroxyl groups is 3. The van der Waals surface area contributed by atoms with Crippen LogP contribution < -0.4 is 0 Å². The molecule has 0 spiro atoms. The maximum Gasteiger partial charge on any atom is 0.351 e. The summed E-state index contributed by atoms with van der Waals surface area (Å²) in [5, 5.41) is 29.5. The quantitative estimate of drug-likeness (QED) is 0.0938. The van der Waals surface area contributed by atoms with Gasteiger partial charge in [-0.1, -0.05) is 78.1 Å². The predicted molar refractivity (Wildman–Crippen MR) is 135 cm³/mol. The van der Waals surface area contributed by atoms with E-state index in [0.717, 1.165) is 57.8 Å². The number of carbonyl (C=O) groups is 5. The zero-order chi connectivity index (χ0) is 28.5. The van der Waals surface area contributed by atoms with E-state index >= 15 is 0 Å². The summed E-state index contributed by atoms with van der Waals surface area (Å²) in [7, 11) is 0. The van der Waals surface area contributed by atoms with Crippen LogP contribution in [0, 0.1) is 5.92 Å². The summed E-state index contributed by atoms with van der Waals surface area (Å²) in [6.07, 6.45) is 2.21. The van der Waals surface area contributed by atoms with Crippen molar-refractivity contribution < 1.29 is 53.5 Å². The van der Waals surface area contributed by atoms with Crippen LogP contribution >= 0.6 is 0 Å². The number of Topliss-reactive ketones (excluding diaryl/α,β-unsaturated/α-hetero) is 2. The summed E-state index contributed by atoms with van der Waals surface area (Å²) in [5.74, 6) is -6.71. The molecule has 0 aromatic carbocycles. The lowest BCUT2D eigenvalue weighted by atomic mass is 9.86. The Hall–Kier alpha value is -2.37. The molecule has 0 aliphatic carbocycles. The van der Waals surface area contributed by atoms with Gasteiger partial charge in [-0.05, 0) is 12.8 Å². The molecule has 0 bridgehead atoms. The molecule has 5 unspecified atom stereocenters. The lowest BCUT2D eigenvalue weighted by Gasteiger charge is -2.24. The van der Waals surface area contributed by atoms with Crippen molar-refractivity contribution in [3.63, 3.8) is 0 Å². The smallest absolute Gasteiger partial charge is 0.351 e. The third kappa shape index (κ3) is 11.2. The van der Waals surface area contributed by atoms with Crippen molar-refractivity contribution >= 4 is 29.5 Å². The molecule has 11 nitrogen and oxygen atoms in total. The van der Waals surface area contributed by atoms with Crippen LogP contribution in [0.5, 0.6) is 0 Å². The lowest BCUT2D eigenvalue weighted by molar-refractivity contribution is -0.182. The molecule has 1 aliphatic heterocycles. The molecule has 0 aromatic rings. The van der Waals surface area contributed by atoms with Crippen LogP contribution in [0.25, 0.3) is 0 Å². The van der Waals surface area contributed by atoms with Crippen LogP contribution in [-0.2, 0) is 38.2 Å². The summed E-state index contributed by atoms with van der Waals surface area (Å²) in [4.78, 5) is 63.4. The molecule has 0 amide bonds. The van der Waals surface area contributed by atoms with E-state index in [-0.39, 0.29) is 18.6 Å². The molecule has 0 radical (unpaired) electrons. The summed E-state index contributed by atoms with van der Waals surface area (Å²) >= 11 is 0. The van der Waals surface area contributed by atoms with Gasteiger partial charge in [0.25, 0.3) is 0 Å². The highest BCUT2D eigenvalue weighted by atomic mass is 16.7. The van der Waals surface area contributed by atoms with Gasteiger partial charge in [0.1, 0.15) is 5.78 Å². The van der Waals surface area contributed by atoms with Crippen LogP contribution in [-0.4, -0.2) is 82.4 Å². The van der Waals surface area contributed by atoms with Crippen LogP contribution in [0.15, 0.2) is 0 Å². The van der Waals surface area contributed by atoms with Gasteiger partial charge >= 0.3 is 17.9 Å². The fraction of sp³-hybridized carbons (Fsp3) is 0.815. The first-order chi connectivity index (χ1) is 18.2. The minimum absolute atomic E-state index is 0.140. The number of hydrogen-bond donors (Lipinski definition) is 3. The number of ether oxygens (including phenoxy) is 3. The number of esters is 3. The summed E-state index contributed by atoms with van der Waals surface area (Å²) in [5.41, 5.74) is 0. The van der Waals surface area contributed by atoms with E-state index in [1.807, 2.05) is 6.92 Å². The normalized spacial score (nSPS) is 21.8. The molecule has 0 aromatic heterocycles. The van der Waals surface area contributed by atoms with Gasteiger partial charge in [-0.2, -0.15) is 0 Å². The molecule has 218 valence electrons. The number of unbranched alkanes of at least 4 members (excludes halogenated alkanes) is 9. The van der Waals surface area contributed by atoms with Crippen molar-refractivity contribution in [2.45, 2.75) is 122 Å². The first kappa shape index (κ1) is 33.7. The Kier molecular flexibility index (Phi) is 16.7. The van der Waals surface area contributed by atoms with E-state index in [9.17, 15) is 39.3 Å². The molecule has 38 heavy (non-hydrogen) atoms. The Bertz CT molecular complexity index is 764. The average Bonchev–Trinajstić information content (AvgIpc) is 2.95. The molecule has 11 heteroatoms. The Morgan fingerprint density at radius 3 is 1.74 bits per heavy atom. The number of carbonyl (C=O) groups excluding carboxylic acids is 5. The Balaban J connectivity index is 3.00. The molecular formula is C27H44O11. The Morgan fingerprint density at radius 2 is 1.18 bits per heavy atom. The van der Waals surface area contributed by atoms with Gasteiger partial charge in [-0.25, -0.2) is 14.4 Å². The number of ketones is 2. The third-order valence-corrected chi connectivity index (χ3v) is 6.53. The van der Waals surface area contributed by atoms with Gasteiger partial charge in [-0.3, -0.25) is 9.59 Å². The van der Waals surface area contributed by atoms with Gasteiger partial charge in [0.15, 0.2) is 11.9 Å². The zero-order valence-corrected chi connectivity index (χ0v) is 22.6. The fourth-order valence-corrected chi connectivity index (χ4v) is 4.21. The number of cyclic esters (lactones) is 3. The monoisotopic (exact) mass is 544 g/mol. The summed E-state index contributed by atoms with van der Waals surface area (Å²) < 4.78 is 14.4. The molecule has 5 atom stereocenters. The van der Waals surface area contributed by atoms with Crippen LogP contribution in [0.1, 0.15) is 97.3 Å². The molecular weight excluding hydrogens is 500 g/mol. The molecule has 1 rings (SSSR count). The largest absolute Gasteiger partial charge is 0.445 e. The second kappa shape index (κ2) is 18.8. The second-order valence-corrected chi connectivity index (χ2v) is 9.66. The molecule has 0 saturated carbocycles. The van der Waals surface area contributed by atoms with E-state index in [4.69, 9.17) is 14.2 Å². The topological polar surface area (TPSA) is 174 Å². The number of hydrogen-bond acceptors (Lipinski definition) is 11. The minimum atomic E-state index is -2.26. The van der Waals surface area contributed by atoms with Gasteiger partial charge in [0.2, 0.25) is 18.3 Å². The standard InChI is InChI=1S/C27H44O11/c1-3-5-7-9-10-11-13-15-19(30)18(14-12-8-6-4-2)22(31)23(32)24-27(35)37-20(16-28)25(33)36-21(17-29)26(34)38-24/h18,20-21,23-24,28-29,32H,3-17H2,1-2H3. The van der Waals surface area contributed by atoms with Crippen molar-refractivity contribution in [3.05, 3.63) is 0 Å². The van der Waals surface area contributed by atoms with Gasteiger partial charge in [0, 0.05) is 6.42 Å². The molecule has 1 saturated heterocycles. The van der Waals surface area contributed by atoms with Crippen molar-refractivity contribution in [1.82, 2.24) is 0 Å². The van der Waals surface area contributed by atoms with Gasteiger partial charge in [-0.15, -0.1) is 0 Å². The van der Waals surface area contributed by atoms with E-state index in [2.05, 4.69) is 6.92 Å². The summed E-state index contributed by atoms with van der Waals surface area (Å²) in [6.45, 7) is 2.13. The van der Waals surface area contributed by atoms with Crippen molar-refractivity contribution in [2.24, 2.45) is 5.92 Å².